The topological polar surface area (TPSA) is 102 Å². The molecule has 0 aliphatic heterocycles. The minimum absolute atomic E-state index is 0. The average molecular weight is 976 g/mol. The van der Waals surface area contributed by atoms with Crippen LogP contribution >= 0.6 is 0 Å². The van der Waals surface area contributed by atoms with Gasteiger partial charge >= 0.3 is 26.2 Å². The summed E-state index contributed by atoms with van der Waals surface area (Å²) in [5.74, 6) is 0.542. The van der Waals surface area contributed by atoms with Crippen LogP contribution in [0.3, 0.4) is 0 Å². The van der Waals surface area contributed by atoms with Crippen LogP contribution in [0, 0.1) is 13.8 Å². The number of aromatic hydroxyl groups is 2. The minimum Gasteiger partial charge on any atom is -0.505 e. The molecule has 0 aliphatic carbocycles. The van der Waals surface area contributed by atoms with Crippen molar-refractivity contribution in [3.63, 3.8) is 0 Å². The van der Waals surface area contributed by atoms with Gasteiger partial charge in [0.1, 0.15) is 44.9 Å². The normalized spacial score (nSPS) is 11.6. The summed E-state index contributed by atoms with van der Waals surface area (Å²) in [7, 11) is 0. The summed E-state index contributed by atoms with van der Waals surface area (Å²) >= 11 is 0. The Morgan fingerprint density at radius 3 is 0.881 bits per heavy atom. The molecule has 2 heterocycles. The Bertz CT molecular complexity index is 2550. The fourth-order valence-corrected chi connectivity index (χ4v) is 7.04. The summed E-state index contributed by atoms with van der Waals surface area (Å²) in [5, 5.41) is 40.5. The van der Waals surface area contributed by atoms with Gasteiger partial charge in [-0.3, -0.25) is 0 Å². The third kappa shape index (κ3) is 13.3. The van der Waals surface area contributed by atoms with Crippen LogP contribution in [0.2, 0.25) is 0 Å². The molecule has 8 nitrogen and oxygen atoms in total. The maximum Gasteiger partial charge on any atom is 2.00 e. The number of hydrogen-bond acceptors (Lipinski definition) is 6. The van der Waals surface area contributed by atoms with Crippen molar-refractivity contribution in [1.29, 1.82) is 0 Å². The van der Waals surface area contributed by atoms with Crippen molar-refractivity contribution < 1.29 is 36.4 Å². The van der Waals surface area contributed by atoms with Crippen LogP contribution in [0.4, 0.5) is 0 Å². The Balaban J connectivity index is 0.000000224. The summed E-state index contributed by atoms with van der Waals surface area (Å²) in [6, 6.07) is 43.7. The fraction of sp³-hybridized carbons (Fsp3) is 0.345. The van der Waals surface area contributed by atoms with E-state index in [0.717, 1.165) is 70.0 Å². The van der Waals surface area contributed by atoms with Gasteiger partial charge in [0.2, 0.25) is 0 Å². The Hall–Kier alpha value is -5.66. The van der Waals surface area contributed by atoms with Gasteiger partial charge in [0, 0.05) is 11.1 Å². The molecule has 0 spiro atoms. The molecule has 0 saturated heterocycles. The predicted octanol–water partition coefficient (Wildman–Crippen LogP) is 14.7. The average Bonchev–Trinajstić information content (AvgIpc) is 3.95. The number of benzene rings is 6. The molecule has 2 aromatic heterocycles. The SMILES string of the molecule is CCC(C)(C)c1cc(-n2nc3ccccc3n2)c(O)c(C(C)(C)CC)c1.CCC(C)(C)c1cc(-n2nc3ccccc3n2)c(O)c(C(C)(C)CC)c1.[CH2-]c1ccccc1.[CH2-]c1ccccc1.[Zr+2]. The number of aromatic nitrogens is 6. The monoisotopic (exact) mass is 974 g/mol. The van der Waals surface area contributed by atoms with Gasteiger partial charge in [-0.2, -0.15) is 49.2 Å². The van der Waals surface area contributed by atoms with E-state index in [0.29, 0.717) is 11.4 Å². The molecule has 67 heavy (non-hydrogen) atoms. The van der Waals surface area contributed by atoms with Gasteiger partial charge in [0.15, 0.2) is 0 Å². The van der Waals surface area contributed by atoms with Crippen LogP contribution in [-0.2, 0) is 47.9 Å². The molecule has 0 aliphatic rings. The molecule has 0 unspecified atom stereocenters. The second-order valence-corrected chi connectivity index (χ2v) is 19.7. The van der Waals surface area contributed by atoms with Gasteiger partial charge in [-0.05, 0) is 94.9 Å². The number of fused-ring (bicyclic) bond motifs is 2. The molecule has 0 bridgehead atoms. The van der Waals surface area contributed by atoms with E-state index >= 15 is 0 Å². The van der Waals surface area contributed by atoms with E-state index in [9.17, 15) is 10.2 Å². The molecule has 8 rings (SSSR count). The van der Waals surface area contributed by atoms with Crippen LogP contribution in [0.15, 0.2) is 133 Å². The molecule has 0 atom stereocenters. The predicted molar refractivity (Wildman–Crippen MR) is 276 cm³/mol. The Morgan fingerprint density at radius 1 is 0.403 bits per heavy atom. The molecule has 6 aromatic carbocycles. The Morgan fingerprint density at radius 2 is 0.657 bits per heavy atom. The van der Waals surface area contributed by atoms with Crippen LogP contribution in [0.25, 0.3) is 33.4 Å². The summed E-state index contributed by atoms with van der Waals surface area (Å²) in [4.78, 5) is 3.15. The first-order chi connectivity index (χ1) is 31.2. The van der Waals surface area contributed by atoms with Gasteiger partial charge < -0.3 is 10.2 Å². The number of nitrogens with zero attached hydrogens (tertiary/aromatic N) is 6. The number of hydrogen-bond donors (Lipinski definition) is 2. The second kappa shape index (κ2) is 22.9. The van der Waals surface area contributed by atoms with Crippen LogP contribution < -0.4 is 0 Å². The minimum atomic E-state index is -0.134. The van der Waals surface area contributed by atoms with E-state index in [-0.39, 0.29) is 59.4 Å². The summed E-state index contributed by atoms with van der Waals surface area (Å²) in [5.41, 5.74) is 10.8. The molecule has 0 saturated carbocycles. The summed E-state index contributed by atoms with van der Waals surface area (Å²) in [6.45, 7) is 33.7. The third-order valence-electron chi connectivity index (χ3n) is 13.4. The van der Waals surface area contributed by atoms with E-state index in [1.54, 1.807) is 9.59 Å². The van der Waals surface area contributed by atoms with Crippen molar-refractivity contribution in [2.75, 3.05) is 0 Å². The second-order valence-electron chi connectivity index (χ2n) is 19.7. The molecular formula is C58H72N6O2Zr. The fourth-order valence-electron chi connectivity index (χ4n) is 7.04. The van der Waals surface area contributed by atoms with Crippen molar-refractivity contribution in [1.82, 2.24) is 30.0 Å². The molecule has 0 radical (unpaired) electrons. The van der Waals surface area contributed by atoms with Crippen molar-refractivity contribution >= 4 is 22.1 Å². The van der Waals surface area contributed by atoms with E-state index in [1.807, 2.05) is 121 Å². The van der Waals surface area contributed by atoms with E-state index < -0.39 is 0 Å². The molecule has 8 aromatic rings. The van der Waals surface area contributed by atoms with Crippen molar-refractivity contribution in [3.05, 3.63) is 181 Å². The van der Waals surface area contributed by atoms with E-state index in [2.05, 4.69) is 129 Å². The van der Waals surface area contributed by atoms with Crippen LogP contribution in [-0.4, -0.2) is 40.2 Å². The van der Waals surface area contributed by atoms with Gasteiger partial charge in [0.25, 0.3) is 0 Å². The van der Waals surface area contributed by atoms with Crippen molar-refractivity contribution in [3.8, 4) is 22.9 Å². The molecule has 350 valence electrons. The Labute approximate surface area is 420 Å². The molecule has 0 amide bonds. The first-order valence-corrected chi connectivity index (χ1v) is 23.3. The van der Waals surface area contributed by atoms with Crippen LogP contribution in [0.5, 0.6) is 11.5 Å². The standard InChI is InChI=1S/2C22H29N3O.2C7H7.Zr/c2*1-7-21(3,4)15-13-16(22(5,6)8-2)20(26)19(14-15)25-23-17-11-9-10-12-18(17)24-25;2*1-7-5-3-2-4-6-7;/h2*9-14,26H,7-8H2,1-6H3;2*2-6H,1H2;/q;;2*-1;+2. The maximum atomic E-state index is 11.1. The van der Waals surface area contributed by atoms with E-state index in [1.165, 1.54) is 11.1 Å². The number of phenolic OH excluding ortho intramolecular Hbond substituents is 2. The summed E-state index contributed by atoms with van der Waals surface area (Å²) < 4.78 is 0. The largest absolute Gasteiger partial charge is 2.00 e. The van der Waals surface area contributed by atoms with Crippen molar-refractivity contribution in [2.45, 2.75) is 130 Å². The molecule has 0 fully saturated rings. The quantitative estimate of drug-likeness (QED) is 0.132. The maximum absolute atomic E-state index is 11.1. The number of rotatable bonds is 10. The van der Waals surface area contributed by atoms with E-state index in [4.69, 9.17) is 0 Å². The molecule has 2 N–H and O–H groups in total. The zero-order valence-electron chi connectivity index (χ0n) is 42.0. The molecule has 9 heteroatoms. The third-order valence-corrected chi connectivity index (χ3v) is 13.4. The van der Waals surface area contributed by atoms with Gasteiger partial charge in [-0.15, -0.1) is 54.3 Å². The zero-order valence-corrected chi connectivity index (χ0v) is 44.5. The van der Waals surface area contributed by atoms with Gasteiger partial charge in [-0.25, -0.2) is 0 Å². The van der Waals surface area contributed by atoms with Gasteiger partial charge in [0.05, 0.1) is 0 Å². The smallest absolute Gasteiger partial charge is 0.505 e. The van der Waals surface area contributed by atoms with Gasteiger partial charge in [-0.1, -0.05) is 132 Å². The van der Waals surface area contributed by atoms with Crippen molar-refractivity contribution in [2.24, 2.45) is 0 Å². The zero-order chi connectivity index (χ0) is 48.5. The Kier molecular flexibility index (Phi) is 18.4. The first-order valence-electron chi connectivity index (χ1n) is 23.3. The summed E-state index contributed by atoms with van der Waals surface area (Å²) in [6.07, 6.45) is 3.89. The van der Waals surface area contributed by atoms with Crippen LogP contribution in [0.1, 0.15) is 142 Å². The number of phenols is 2. The molecular weight excluding hydrogens is 904 g/mol. The first kappa shape index (κ1) is 54.0.